The van der Waals surface area contributed by atoms with Crippen molar-refractivity contribution in [2.45, 2.75) is 52.5 Å². The monoisotopic (exact) mass is 305 g/mol. The molecule has 0 spiro atoms. The van der Waals surface area contributed by atoms with Gasteiger partial charge in [0.15, 0.2) is 0 Å². The van der Waals surface area contributed by atoms with E-state index in [1.165, 1.54) is 5.56 Å². The third-order valence-corrected chi connectivity index (χ3v) is 3.62. The minimum absolute atomic E-state index is 0.124. The highest BCUT2D eigenvalue weighted by Gasteiger charge is 2.04. The van der Waals surface area contributed by atoms with Crippen molar-refractivity contribution in [1.29, 1.82) is 0 Å². The Kier molecular flexibility index (Phi) is 8.18. The summed E-state index contributed by atoms with van der Waals surface area (Å²) in [6.07, 6.45) is 3.17. The van der Waals surface area contributed by atoms with Crippen LogP contribution in [0.15, 0.2) is 34.6 Å². The van der Waals surface area contributed by atoms with Crippen LogP contribution in [0.25, 0.3) is 0 Å². The van der Waals surface area contributed by atoms with Gasteiger partial charge in [-0.25, -0.2) is 0 Å². The highest BCUT2D eigenvalue weighted by molar-refractivity contribution is 5.69. The Bertz CT molecular complexity index is 471. The van der Waals surface area contributed by atoms with Crippen molar-refractivity contribution in [3.8, 4) is 0 Å². The molecule has 1 aromatic carbocycles. The Morgan fingerprint density at radius 1 is 1.27 bits per heavy atom. The van der Waals surface area contributed by atoms with Gasteiger partial charge < -0.3 is 4.74 Å². The van der Waals surface area contributed by atoms with Gasteiger partial charge in [0.25, 0.3) is 0 Å². The molecule has 0 radical (unpaired) electrons. The molecule has 0 saturated heterocycles. The van der Waals surface area contributed by atoms with Gasteiger partial charge in [-0.05, 0) is 50.8 Å². The van der Waals surface area contributed by atoms with Crippen molar-refractivity contribution in [2.24, 2.45) is 10.3 Å². The van der Waals surface area contributed by atoms with Gasteiger partial charge in [0, 0.05) is 19.5 Å². The van der Waals surface area contributed by atoms with Crippen LogP contribution in [0.1, 0.15) is 45.6 Å². The Balaban J connectivity index is 2.43. The number of hydrogen-bond donors (Lipinski definition) is 0. The van der Waals surface area contributed by atoms with Gasteiger partial charge in [-0.3, -0.25) is 9.80 Å². The van der Waals surface area contributed by atoms with Gasteiger partial charge in [0.05, 0.1) is 12.3 Å². The molecule has 0 N–H and O–H groups in total. The second-order valence-electron chi connectivity index (χ2n) is 5.35. The lowest BCUT2D eigenvalue weighted by atomic mass is 10.1. The average Bonchev–Trinajstić information content (AvgIpc) is 2.53. The van der Waals surface area contributed by atoms with Crippen molar-refractivity contribution < 1.29 is 9.53 Å². The Labute approximate surface area is 133 Å². The van der Waals surface area contributed by atoms with Crippen LogP contribution in [0.2, 0.25) is 0 Å². The van der Waals surface area contributed by atoms with Gasteiger partial charge in [-0.15, -0.1) is 5.11 Å². The molecule has 1 rings (SSSR count). The fraction of sp³-hybridized carbons (Fsp3) is 0.588. The third kappa shape index (κ3) is 6.70. The van der Waals surface area contributed by atoms with Gasteiger partial charge in [-0.1, -0.05) is 24.3 Å². The maximum atomic E-state index is 11.3. The Hall–Kier alpha value is -1.91. The summed E-state index contributed by atoms with van der Waals surface area (Å²) < 4.78 is 4.91. The number of benzene rings is 1. The first-order valence-corrected chi connectivity index (χ1v) is 7.95. The van der Waals surface area contributed by atoms with Crippen LogP contribution in [-0.4, -0.2) is 30.7 Å². The molecule has 0 bridgehead atoms. The zero-order valence-corrected chi connectivity index (χ0v) is 14.1. The predicted molar refractivity (Wildman–Crippen MR) is 88.0 cm³/mol. The molecule has 5 nitrogen and oxygen atoms in total. The first-order chi connectivity index (χ1) is 10.6. The number of ether oxygens (including phenoxy) is 1. The van der Waals surface area contributed by atoms with Crippen molar-refractivity contribution in [1.82, 2.24) is 5.01 Å². The van der Waals surface area contributed by atoms with E-state index in [1.54, 1.807) is 0 Å². The highest BCUT2D eigenvalue weighted by atomic mass is 16.5. The zero-order chi connectivity index (χ0) is 16.4. The molecule has 0 aromatic heterocycles. The van der Waals surface area contributed by atoms with Crippen molar-refractivity contribution in [3.63, 3.8) is 0 Å². The molecule has 1 unspecified atom stereocenters. The molecule has 5 heteroatoms. The third-order valence-electron chi connectivity index (χ3n) is 3.62. The first-order valence-electron chi connectivity index (χ1n) is 7.95. The molecular weight excluding hydrogens is 278 g/mol. The van der Waals surface area contributed by atoms with Crippen LogP contribution < -0.4 is 0 Å². The molecule has 1 atom stereocenters. The topological polar surface area (TPSA) is 54.3 Å². The van der Waals surface area contributed by atoms with E-state index >= 15 is 0 Å². The minimum atomic E-state index is -0.124. The lowest BCUT2D eigenvalue weighted by Crippen LogP contribution is -2.22. The summed E-state index contributed by atoms with van der Waals surface area (Å²) in [5, 5.41) is 10.3. The molecule has 0 saturated carbocycles. The SMILES string of the molecule is CCOC(=O)CCCc1ccc(N=NN(C)C(C)CC)cc1. The second-order valence-corrected chi connectivity index (χ2v) is 5.35. The summed E-state index contributed by atoms with van der Waals surface area (Å²) in [5.41, 5.74) is 2.03. The van der Waals surface area contributed by atoms with Crippen LogP contribution >= 0.6 is 0 Å². The van der Waals surface area contributed by atoms with Gasteiger partial charge in [-0.2, -0.15) is 0 Å². The lowest BCUT2D eigenvalue weighted by molar-refractivity contribution is -0.143. The highest BCUT2D eigenvalue weighted by Crippen LogP contribution is 2.16. The summed E-state index contributed by atoms with van der Waals surface area (Å²) in [6, 6.07) is 8.35. The molecule has 0 amide bonds. The molecule has 0 heterocycles. The fourth-order valence-electron chi connectivity index (χ4n) is 1.87. The van der Waals surface area contributed by atoms with Crippen LogP contribution in [0.3, 0.4) is 0 Å². The zero-order valence-electron chi connectivity index (χ0n) is 14.1. The molecule has 22 heavy (non-hydrogen) atoms. The summed E-state index contributed by atoms with van der Waals surface area (Å²) in [4.78, 5) is 11.3. The summed E-state index contributed by atoms with van der Waals surface area (Å²) in [5.74, 6) is -0.124. The minimum Gasteiger partial charge on any atom is -0.466 e. The quantitative estimate of drug-likeness (QED) is 0.388. The van der Waals surface area contributed by atoms with Gasteiger partial charge >= 0.3 is 5.97 Å². The van der Waals surface area contributed by atoms with Crippen molar-refractivity contribution in [3.05, 3.63) is 29.8 Å². The summed E-state index contributed by atoms with van der Waals surface area (Å²) in [6.45, 7) is 6.51. The Morgan fingerprint density at radius 3 is 2.55 bits per heavy atom. The standard InChI is InChI=1S/C17H27N3O2/c1-5-14(3)20(4)19-18-16-12-10-15(11-13-16)8-7-9-17(21)22-6-2/h10-14H,5-9H2,1-4H3. The number of carbonyl (C=O) groups is 1. The van der Waals surface area contributed by atoms with Gasteiger partial charge in [0.2, 0.25) is 0 Å². The molecule has 122 valence electrons. The second kappa shape index (κ2) is 9.92. The van der Waals surface area contributed by atoms with E-state index in [4.69, 9.17) is 4.74 Å². The number of aryl methyl sites for hydroxylation is 1. The summed E-state index contributed by atoms with van der Waals surface area (Å²) in [7, 11) is 1.93. The van der Waals surface area contributed by atoms with E-state index in [-0.39, 0.29) is 5.97 Å². The number of hydrogen-bond acceptors (Lipinski definition) is 4. The Morgan fingerprint density at radius 2 is 1.95 bits per heavy atom. The normalized spacial score (nSPS) is 12.4. The van der Waals surface area contributed by atoms with Crippen LogP contribution in [0, 0.1) is 0 Å². The van der Waals surface area contributed by atoms with E-state index < -0.39 is 0 Å². The summed E-state index contributed by atoms with van der Waals surface area (Å²) >= 11 is 0. The van der Waals surface area contributed by atoms with Gasteiger partial charge in [0.1, 0.15) is 0 Å². The maximum Gasteiger partial charge on any atom is 0.305 e. The fourth-order valence-corrected chi connectivity index (χ4v) is 1.87. The largest absolute Gasteiger partial charge is 0.466 e. The smallest absolute Gasteiger partial charge is 0.305 e. The predicted octanol–water partition coefficient (Wildman–Crippen LogP) is 4.30. The average molecular weight is 305 g/mol. The number of carbonyl (C=O) groups excluding carboxylic acids is 1. The van der Waals surface area contributed by atoms with Crippen LogP contribution in [-0.2, 0) is 16.0 Å². The van der Waals surface area contributed by atoms with E-state index in [0.29, 0.717) is 19.1 Å². The molecule has 0 aliphatic carbocycles. The molecule has 0 aliphatic rings. The van der Waals surface area contributed by atoms with E-state index in [9.17, 15) is 4.79 Å². The number of nitrogens with zero attached hydrogens (tertiary/aromatic N) is 3. The van der Waals surface area contributed by atoms with Crippen molar-refractivity contribution >= 4 is 11.7 Å². The number of rotatable bonds is 9. The van der Waals surface area contributed by atoms with Crippen LogP contribution in [0.4, 0.5) is 5.69 Å². The van der Waals surface area contributed by atoms with Crippen molar-refractivity contribution in [2.75, 3.05) is 13.7 Å². The molecular formula is C17H27N3O2. The first kappa shape index (κ1) is 18.1. The number of esters is 1. The molecule has 0 aliphatic heterocycles. The van der Waals surface area contributed by atoms with E-state index in [0.717, 1.165) is 24.9 Å². The van der Waals surface area contributed by atoms with E-state index in [1.807, 2.05) is 43.2 Å². The molecule has 0 fully saturated rings. The molecule has 1 aromatic rings. The lowest BCUT2D eigenvalue weighted by Gasteiger charge is -2.18. The maximum absolute atomic E-state index is 11.3. The van der Waals surface area contributed by atoms with Crippen LogP contribution in [0.5, 0.6) is 0 Å². The van der Waals surface area contributed by atoms with E-state index in [2.05, 4.69) is 24.2 Å².